The van der Waals surface area contributed by atoms with Crippen LogP contribution in [-0.4, -0.2) is 32.9 Å². The van der Waals surface area contributed by atoms with Crippen molar-refractivity contribution in [3.05, 3.63) is 63.5 Å². The Bertz CT molecular complexity index is 931. The number of carbonyl (C=O) groups excluding carboxylic acids is 2. The third-order valence-electron chi connectivity index (χ3n) is 3.44. The van der Waals surface area contributed by atoms with Gasteiger partial charge in [-0.25, -0.2) is 0 Å². The van der Waals surface area contributed by atoms with Gasteiger partial charge in [-0.15, -0.1) is 0 Å². The quantitative estimate of drug-likeness (QED) is 0.520. The Labute approximate surface area is 173 Å². The molecule has 1 fully saturated rings. The molecule has 0 aromatic heterocycles. The summed E-state index contributed by atoms with van der Waals surface area (Å²) in [4.78, 5) is 24.9. The van der Waals surface area contributed by atoms with Crippen molar-refractivity contribution in [2.24, 2.45) is 0 Å². The molecule has 0 saturated carbocycles. The molecule has 0 bridgehead atoms. The van der Waals surface area contributed by atoms with Crippen molar-refractivity contribution in [1.29, 1.82) is 0 Å². The highest BCUT2D eigenvalue weighted by atomic mass is 79.9. The summed E-state index contributed by atoms with van der Waals surface area (Å²) in [5, 5.41) is 10.8. The van der Waals surface area contributed by atoms with Gasteiger partial charge in [-0.2, -0.15) is 5.01 Å². The van der Waals surface area contributed by atoms with E-state index in [9.17, 15) is 14.7 Å². The Morgan fingerprint density at radius 2 is 1.96 bits per heavy atom. The Kier molecular flexibility index (Phi) is 6.15. The first-order valence-corrected chi connectivity index (χ1v) is 9.69. The standard InChI is InChI=1S/C18H13BrN2O4S2/c19-12-5-7-13(8-6-12)25-10-16(23)20-21-17(24)15(27-18(21)26)9-11-3-1-2-4-14(11)22/h1-9,22H,10H2,(H,20,23)/b15-9-. The lowest BCUT2D eigenvalue weighted by atomic mass is 10.2. The van der Waals surface area contributed by atoms with E-state index in [1.54, 1.807) is 42.5 Å². The number of thiocarbonyl (C=S) groups is 1. The van der Waals surface area contributed by atoms with Crippen LogP contribution in [0.1, 0.15) is 5.56 Å². The first-order valence-electron chi connectivity index (χ1n) is 7.68. The molecule has 2 N–H and O–H groups in total. The SMILES string of the molecule is O=C(COc1ccc(Br)cc1)NN1C(=O)/C(=C/c2ccccc2O)SC1=S. The molecule has 0 aliphatic carbocycles. The molecule has 0 atom stereocenters. The number of para-hydroxylation sites is 1. The Hall–Kier alpha value is -2.36. The number of hydrogen-bond acceptors (Lipinski definition) is 6. The topological polar surface area (TPSA) is 78.9 Å². The van der Waals surface area contributed by atoms with Gasteiger partial charge in [0, 0.05) is 10.0 Å². The largest absolute Gasteiger partial charge is 0.507 e. The molecule has 2 aromatic rings. The number of aromatic hydroxyl groups is 1. The lowest BCUT2D eigenvalue weighted by Gasteiger charge is -2.15. The van der Waals surface area contributed by atoms with Gasteiger partial charge in [-0.3, -0.25) is 15.0 Å². The molecular formula is C18H13BrN2O4S2. The number of halogens is 1. The summed E-state index contributed by atoms with van der Waals surface area (Å²) in [6.07, 6.45) is 1.53. The first-order chi connectivity index (χ1) is 12.9. The van der Waals surface area contributed by atoms with Crippen LogP contribution in [0.4, 0.5) is 0 Å². The van der Waals surface area contributed by atoms with E-state index in [0.29, 0.717) is 16.2 Å². The van der Waals surface area contributed by atoms with E-state index in [0.717, 1.165) is 21.2 Å². The van der Waals surface area contributed by atoms with Crippen LogP contribution in [0.5, 0.6) is 11.5 Å². The average Bonchev–Trinajstić information content (AvgIpc) is 2.90. The second-order valence-electron chi connectivity index (χ2n) is 5.35. The maximum Gasteiger partial charge on any atom is 0.285 e. The number of phenols is 1. The van der Waals surface area contributed by atoms with Crippen molar-refractivity contribution in [1.82, 2.24) is 10.4 Å². The van der Waals surface area contributed by atoms with Gasteiger partial charge in [-0.1, -0.05) is 45.9 Å². The van der Waals surface area contributed by atoms with Crippen LogP contribution >= 0.6 is 39.9 Å². The Balaban J connectivity index is 1.62. The summed E-state index contributed by atoms with van der Waals surface area (Å²) in [5.74, 6) is -0.406. The number of thioether (sulfide) groups is 1. The second kappa shape index (κ2) is 8.55. The molecule has 0 spiro atoms. The summed E-state index contributed by atoms with van der Waals surface area (Å²) < 4.78 is 6.46. The molecule has 1 saturated heterocycles. The molecule has 0 unspecified atom stereocenters. The van der Waals surface area contributed by atoms with Crippen molar-refractivity contribution in [3.63, 3.8) is 0 Å². The third kappa shape index (κ3) is 4.88. The first kappa shape index (κ1) is 19.4. The molecule has 2 amide bonds. The van der Waals surface area contributed by atoms with Crippen LogP contribution in [0.15, 0.2) is 57.9 Å². The minimum Gasteiger partial charge on any atom is -0.507 e. The van der Waals surface area contributed by atoms with Gasteiger partial charge in [0.1, 0.15) is 11.5 Å². The summed E-state index contributed by atoms with van der Waals surface area (Å²) in [6.45, 7) is -0.267. The van der Waals surface area contributed by atoms with Gasteiger partial charge in [0.25, 0.3) is 11.8 Å². The number of nitrogens with zero attached hydrogens (tertiary/aromatic N) is 1. The van der Waals surface area contributed by atoms with Gasteiger partial charge < -0.3 is 9.84 Å². The summed E-state index contributed by atoms with van der Waals surface area (Å²) >= 11 is 9.51. The van der Waals surface area contributed by atoms with Crippen molar-refractivity contribution in [3.8, 4) is 11.5 Å². The number of phenolic OH excluding ortho intramolecular Hbond substituents is 1. The van der Waals surface area contributed by atoms with Gasteiger partial charge in [-0.05, 0) is 48.6 Å². The molecule has 3 rings (SSSR count). The van der Waals surface area contributed by atoms with E-state index in [-0.39, 0.29) is 16.7 Å². The molecule has 138 valence electrons. The number of carbonyl (C=O) groups is 2. The fourth-order valence-electron chi connectivity index (χ4n) is 2.15. The zero-order chi connectivity index (χ0) is 19.4. The van der Waals surface area contributed by atoms with Gasteiger partial charge >= 0.3 is 0 Å². The van der Waals surface area contributed by atoms with Crippen LogP contribution in [0.25, 0.3) is 6.08 Å². The second-order valence-corrected chi connectivity index (χ2v) is 7.94. The molecule has 1 aliphatic heterocycles. The Morgan fingerprint density at radius 1 is 1.26 bits per heavy atom. The van der Waals surface area contributed by atoms with Gasteiger partial charge in [0.15, 0.2) is 10.9 Å². The summed E-state index contributed by atoms with van der Waals surface area (Å²) in [6, 6.07) is 13.6. The molecule has 1 heterocycles. The van der Waals surface area contributed by atoms with Crippen molar-refractivity contribution in [2.75, 3.05) is 6.61 Å². The van der Waals surface area contributed by atoms with E-state index in [4.69, 9.17) is 17.0 Å². The number of rotatable bonds is 5. The smallest absolute Gasteiger partial charge is 0.285 e. The van der Waals surface area contributed by atoms with Crippen LogP contribution in [0, 0.1) is 0 Å². The minimum absolute atomic E-state index is 0.0506. The van der Waals surface area contributed by atoms with E-state index in [2.05, 4.69) is 21.4 Å². The lowest BCUT2D eigenvalue weighted by Crippen LogP contribution is -2.46. The molecular weight excluding hydrogens is 452 g/mol. The summed E-state index contributed by atoms with van der Waals surface area (Å²) in [7, 11) is 0. The molecule has 1 aliphatic rings. The number of nitrogens with one attached hydrogen (secondary N) is 1. The van der Waals surface area contributed by atoms with E-state index in [1.807, 2.05) is 0 Å². The predicted octanol–water partition coefficient (Wildman–Crippen LogP) is 3.47. The normalized spacial score (nSPS) is 15.3. The molecule has 0 radical (unpaired) electrons. The number of hydrazine groups is 1. The van der Waals surface area contributed by atoms with Crippen LogP contribution < -0.4 is 10.2 Å². The number of ether oxygens (including phenoxy) is 1. The fraction of sp³-hybridized carbons (Fsp3) is 0.0556. The molecule has 9 heteroatoms. The number of benzene rings is 2. The zero-order valence-corrected chi connectivity index (χ0v) is 16.9. The molecule has 6 nitrogen and oxygen atoms in total. The van der Waals surface area contributed by atoms with E-state index in [1.165, 1.54) is 12.1 Å². The van der Waals surface area contributed by atoms with Crippen LogP contribution in [-0.2, 0) is 9.59 Å². The van der Waals surface area contributed by atoms with Crippen molar-refractivity contribution >= 4 is 62.1 Å². The maximum atomic E-state index is 12.5. The zero-order valence-electron chi connectivity index (χ0n) is 13.7. The average molecular weight is 465 g/mol. The maximum absolute atomic E-state index is 12.5. The fourth-order valence-corrected chi connectivity index (χ4v) is 3.59. The highest BCUT2D eigenvalue weighted by Gasteiger charge is 2.33. The van der Waals surface area contributed by atoms with Crippen LogP contribution in [0.3, 0.4) is 0 Å². The van der Waals surface area contributed by atoms with E-state index < -0.39 is 11.8 Å². The third-order valence-corrected chi connectivity index (χ3v) is 5.27. The molecule has 2 aromatic carbocycles. The van der Waals surface area contributed by atoms with E-state index >= 15 is 0 Å². The van der Waals surface area contributed by atoms with Gasteiger partial charge in [0.05, 0.1) is 4.91 Å². The van der Waals surface area contributed by atoms with Crippen molar-refractivity contribution < 1.29 is 19.4 Å². The summed E-state index contributed by atoms with van der Waals surface area (Å²) in [5.41, 5.74) is 2.92. The number of hydrogen-bond donors (Lipinski definition) is 2. The van der Waals surface area contributed by atoms with Crippen LogP contribution in [0.2, 0.25) is 0 Å². The molecule has 27 heavy (non-hydrogen) atoms. The predicted molar refractivity (Wildman–Crippen MR) is 111 cm³/mol. The highest BCUT2D eigenvalue weighted by Crippen LogP contribution is 2.32. The van der Waals surface area contributed by atoms with Gasteiger partial charge in [0.2, 0.25) is 0 Å². The Morgan fingerprint density at radius 3 is 2.67 bits per heavy atom. The van der Waals surface area contributed by atoms with Crippen molar-refractivity contribution in [2.45, 2.75) is 0 Å². The number of amides is 2. The minimum atomic E-state index is -0.516. The highest BCUT2D eigenvalue weighted by molar-refractivity contribution is 9.10. The monoisotopic (exact) mass is 464 g/mol. The lowest BCUT2D eigenvalue weighted by molar-refractivity contribution is -0.134.